The molecular formula is C33H40N8O2. The largest absolute Gasteiger partial charge is 0.506 e. The van der Waals surface area contributed by atoms with Crippen LogP contribution in [0.25, 0.3) is 10.8 Å². The number of benzene rings is 4. The lowest BCUT2D eigenvalue weighted by atomic mass is 10.00. The van der Waals surface area contributed by atoms with E-state index < -0.39 is 0 Å². The van der Waals surface area contributed by atoms with Gasteiger partial charge in [0.2, 0.25) is 0 Å². The molecule has 2 heterocycles. The number of hydrogen-bond donors (Lipinski definition) is 7. The summed E-state index contributed by atoms with van der Waals surface area (Å²) < 4.78 is 0. The predicted octanol–water partition coefficient (Wildman–Crippen LogP) is 3.27. The number of rotatable bonds is 6. The number of nitrogens with one attached hydrogen (secondary N) is 2. The second-order valence-electron chi connectivity index (χ2n) is 11.9. The number of nitrogens with zero attached hydrogens (tertiary/aromatic N) is 2. The third kappa shape index (κ3) is 6.52. The van der Waals surface area contributed by atoms with Gasteiger partial charge in [0.1, 0.15) is 5.75 Å². The van der Waals surface area contributed by atoms with Crippen LogP contribution in [0.4, 0.5) is 28.4 Å². The molecule has 0 unspecified atom stereocenters. The molecular weight excluding hydrogens is 540 g/mol. The number of anilines is 5. The summed E-state index contributed by atoms with van der Waals surface area (Å²) in [5.74, 6) is -0.409. The average molecular weight is 581 g/mol. The molecule has 0 saturated carbocycles. The number of phenols is 1. The van der Waals surface area contributed by atoms with E-state index in [1.165, 1.54) is 0 Å². The molecule has 0 aliphatic carbocycles. The molecule has 0 aromatic heterocycles. The van der Waals surface area contributed by atoms with Crippen molar-refractivity contribution in [3.8, 4) is 5.75 Å². The van der Waals surface area contributed by atoms with E-state index in [1.807, 2.05) is 48.5 Å². The molecule has 2 aliphatic heterocycles. The summed E-state index contributed by atoms with van der Waals surface area (Å²) >= 11 is 0. The zero-order valence-electron chi connectivity index (χ0n) is 24.1. The van der Waals surface area contributed by atoms with Crippen molar-refractivity contribution in [2.45, 2.75) is 37.0 Å². The van der Waals surface area contributed by atoms with Gasteiger partial charge in [0.05, 0.1) is 5.56 Å². The summed E-state index contributed by atoms with van der Waals surface area (Å²) in [6, 6.07) is 24.8. The smallest absolute Gasteiger partial charge is 0.259 e. The van der Waals surface area contributed by atoms with E-state index in [4.69, 9.17) is 22.9 Å². The maximum absolute atomic E-state index is 13.0. The van der Waals surface area contributed by atoms with Gasteiger partial charge >= 0.3 is 0 Å². The normalized spacial score (nSPS) is 22.4. The number of carbonyl (C=O) groups is 1. The Bertz CT molecular complexity index is 1550. The van der Waals surface area contributed by atoms with Crippen molar-refractivity contribution < 1.29 is 9.90 Å². The third-order valence-corrected chi connectivity index (χ3v) is 8.24. The Labute approximate surface area is 251 Å². The number of fused-ring (bicyclic) bond motifs is 1. The summed E-state index contributed by atoms with van der Waals surface area (Å²) in [6.07, 6.45) is 1.61. The van der Waals surface area contributed by atoms with Crippen molar-refractivity contribution in [2.24, 2.45) is 22.9 Å². The van der Waals surface area contributed by atoms with Crippen molar-refractivity contribution in [3.63, 3.8) is 0 Å². The van der Waals surface area contributed by atoms with E-state index in [2.05, 4.69) is 38.6 Å². The minimum Gasteiger partial charge on any atom is -0.506 e. The summed E-state index contributed by atoms with van der Waals surface area (Å²) in [6.45, 7) is 2.93. The first-order valence-corrected chi connectivity index (χ1v) is 14.8. The molecule has 11 N–H and O–H groups in total. The monoisotopic (exact) mass is 580 g/mol. The molecule has 0 bridgehead atoms. The quantitative estimate of drug-likeness (QED) is 0.181. The molecule has 1 amide bonds. The zero-order chi connectivity index (χ0) is 30.1. The molecule has 0 spiro atoms. The van der Waals surface area contributed by atoms with Crippen LogP contribution in [-0.2, 0) is 0 Å². The number of phenolic OH excluding ortho intramolecular Hbond substituents is 1. The highest BCUT2D eigenvalue weighted by atomic mass is 16.3. The maximum atomic E-state index is 13.0. The minimum atomic E-state index is -0.378. The Morgan fingerprint density at radius 3 is 1.79 bits per heavy atom. The first-order valence-electron chi connectivity index (χ1n) is 14.8. The van der Waals surface area contributed by atoms with Crippen molar-refractivity contribution in [2.75, 3.05) is 46.6 Å². The molecule has 6 rings (SSSR count). The van der Waals surface area contributed by atoms with Gasteiger partial charge in [0, 0.05) is 84.2 Å². The molecule has 4 aromatic rings. The Kier molecular flexibility index (Phi) is 8.09. The second-order valence-corrected chi connectivity index (χ2v) is 11.9. The molecule has 2 saturated heterocycles. The van der Waals surface area contributed by atoms with Crippen LogP contribution in [0.5, 0.6) is 5.75 Å². The zero-order valence-corrected chi connectivity index (χ0v) is 24.1. The highest BCUT2D eigenvalue weighted by molar-refractivity contribution is 6.09. The molecule has 10 nitrogen and oxygen atoms in total. The van der Waals surface area contributed by atoms with Crippen molar-refractivity contribution in [1.82, 2.24) is 0 Å². The first kappa shape index (κ1) is 28.8. The Morgan fingerprint density at radius 2 is 1.21 bits per heavy atom. The van der Waals surface area contributed by atoms with Gasteiger partial charge in [-0.15, -0.1) is 0 Å². The fraction of sp³-hybridized carbons (Fsp3) is 0.303. The van der Waals surface area contributed by atoms with E-state index in [1.54, 1.807) is 12.1 Å². The maximum Gasteiger partial charge on any atom is 0.259 e. The van der Waals surface area contributed by atoms with Crippen LogP contribution in [0.1, 0.15) is 23.2 Å². The summed E-state index contributed by atoms with van der Waals surface area (Å²) in [5, 5.41) is 18.6. The molecule has 2 aliphatic rings. The molecule has 4 atom stereocenters. The average Bonchev–Trinajstić information content (AvgIpc) is 2.97. The van der Waals surface area contributed by atoms with Gasteiger partial charge in [-0.2, -0.15) is 0 Å². The molecule has 224 valence electrons. The van der Waals surface area contributed by atoms with Crippen LogP contribution in [0.3, 0.4) is 0 Å². The third-order valence-electron chi connectivity index (χ3n) is 8.24. The Morgan fingerprint density at radius 1 is 0.674 bits per heavy atom. The number of hydrogen-bond acceptors (Lipinski definition) is 9. The van der Waals surface area contributed by atoms with E-state index in [-0.39, 0.29) is 41.4 Å². The Hall–Kier alpha value is -4.35. The fourth-order valence-electron chi connectivity index (χ4n) is 6.25. The van der Waals surface area contributed by atoms with Crippen molar-refractivity contribution >= 4 is 45.1 Å². The summed E-state index contributed by atoms with van der Waals surface area (Å²) in [5.41, 5.74) is 30.0. The molecule has 43 heavy (non-hydrogen) atoms. The number of nitrogens with two attached hydrogens (primary N) is 4. The van der Waals surface area contributed by atoms with E-state index in [0.29, 0.717) is 11.1 Å². The Balaban J connectivity index is 1.22. The van der Waals surface area contributed by atoms with E-state index in [9.17, 15) is 9.90 Å². The van der Waals surface area contributed by atoms with E-state index >= 15 is 0 Å². The molecule has 4 aromatic carbocycles. The van der Waals surface area contributed by atoms with Gasteiger partial charge in [0.25, 0.3) is 5.91 Å². The summed E-state index contributed by atoms with van der Waals surface area (Å²) in [4.78, 5) is 17.5. The standard InChI is InChI=1S/C33H40N8O2/c34-21-11-22(35)17-40(16-21)28-13-27(14-29(15-28)41-18-23(36)12-24(37)19-41)38-25-6-8-26(9-7-25)39-33(43)31-10-5-20-3-1-2-4-30(20)32(31)42/h1-10,13-15,21-24,38,42H,11-12,16-19,34-37H2,(H,39,43)/t21-,22+,23-,24+. The second kappa shape index (κ2) is 12.1. The topological polar surface area (TPSA) is 172 Å². The highest BCUT2D eigenvalue weighted by Gasteiger charge is 2.26. The number of amides is 1. The minimum absolute atomic E-state index is 0.0138. The van der Waals surface area contributed by atoms with Gasteiger partial charge in [-0.05, 0) is 66.8 Å². The van der Waals surface area contributed by atoms with Gasteiger partial charge in [-0.3, -0.25) is 4.79 Å². The number of carbonyl (C=O) groups excluding carboxylic acids is 1. The van der Waals surface area contributed by atoms with Gasteiger partial charge in [-0.1, -0.05) is 30.3 Å². The van der Waals surface area contributed by atoms with Crippen LogP contribution in [0.2, 0.25) is 0 Å². The first-order chi connectivity index (χ1) is 20.7. The van der Waals surface area contributed by atoms with Crippen LogP contribution in [0.15, 0.2) is 78.9 Å². The number of aromatic hydroxyl groups is 1. The van der Waals surface area contributed by atoms with E-state index in [0.717, 1.165) is 67.2 Å². The SMILES string of the molecule is N[C@@H]1C[C@H](N)CN(c2cc(Nc3ccc(NC(=O)c4ccc5ccccc5c4O)cc3)cc(N3C[C@H](N)C[C@H](N)C3)c2)C1. The van der Waals surface area contributed by atoms with Crippen LogP contribution in [-0.4, -0.2) is 61.4 Å². The van der Waals surface area contributed by atoms with Gasteiger partial charge in [-0.25, -0.2) is 0 Å². The van der Waals surface area contributed by atoms with Crippen molar-refractivity contribution in [3.05, 3.63) is 84.4 Å². The van der Waals surface area contributed by atoms with Crippen LogP contribution >= 0.6 is 0 Å². The van der Waals surface area contributed by atoms with Gasteiger partial charge < -0.3 is 48.5 Å². The molecule has 10 heteroatoms. The highest BCUT2D eigenvalue weighted by Crippen LogP contribution is 2.33. The molecule has 2 fully saturated rings. The summed E-state index contributed by atoms with van der Waals surface area (Å²) in [7, 11) is 0. The predicted molar refractivity (Wildman–Crippen MR) is 175 cm³/mol. The lowest BCUT2D eigenvalue weighted by Gasteiger charge is -2.39. The lowest BCUT2D eigenvalue weighted by molar-refractivity contribution is 0.102. The lowest BCUT2D eigenvalue weighted by Crippen LogP contribution is -2.53. The van der Waals surface area contributed by atoms with Crippen LogP contribution in [0, 0.1) is 0 Å². The fourth-order valence-corrected chi connectivity index (χ4v) is 6.25. The molecule has 0 radical (unpaired) electrons. The van der Waals surface area contributed by atoms with Gasteiger partial charge in [0.15, 0.2) is 0 Å². The van der Waals surface area contributed by atoms with Crippen LogP contribution < -0.4 is 43.4 Å². The van der Waals surface area contributed by atoms with Crippen molar-refractivity contribution in [1.29, 1.82) is 0 Å². The number of piperidine rings is 2.